The standard InChI is InChI=1S/C19H29N3O6/c1-4-7-8-9-10-11-12-28-19(23)15-13-16(21(24)25)18(20(5-2)6-3)17(14-15)22(26)27/h13-14H,4-12H2,1-3H3. The molecule has 0 bridgehead atoms. The van der Waals surface area contributed by atoms with E-state index in [1.54, 1.807) is 13.8 Å². The molecular weight excluding hydrogens is 366 g/mol. The molecule has 0 aliphatic rings. The third kappa shape index (κ3) is 6.47. The molecule has 0 radical (unpaired) electrons. The van der Waals surface area contributed by atoms with Gasteiger partial charge in [-0.2, -0.15) is 0 Å². The Kier molecular flexibility index (Phi) is 9.91. The molecule has 0 saturated carbocycles. The van der Waals surface area contributed by atoms with Gasteiger partial charge in [-0.15, -0.1) is 0 Å². The predicted molar refractivity (Wildman–Crippen MR) is 107 cm³/mol. The van der Waals surface area contributed by atoms with Crippen molar-refractivity contribution in [3.8, 4) is 0 Å². The first kappa shape index (κ1) is 23.3. The van der Waals surface area contributed by atoms with Crippen molar-refractivity contribution < 1.29 is 19.4 Å². The summed E-state index contributed by atoms with van der Waals surface area (Å²) in [7, 11) is 0. The number of hydrogen-bond acceptors (Lipinski definition) is 7. The normalized spacial score (nSPS) is 10.5. The van der Waals surface area contributed by atoms with E-state index in [-0.39, 0.29) is 17.9 Å². The average molecular weight is 395 g/mol. The highest BCUT2D eigenvalue weighted by Crippen LogP contribution is 2.38. The van der Waals surface area contributed by atoms with Crippen LogP contribution in [0.3, 0.4) is 0 Å². The Labute approximate surface area is 165 Å². The van der Waals surface area contributed by atoms with E-state index >= 15 is 0 Å². The molecule has 0 saturated heterocycles. The number of rotatable bonds is 13. The monoisotopic (exact) mass is 395 g/mol. The maximum Gasteiger partial charge on any atom is 0.338 e. The van der Waals surface area contributed by atoms with Crippen molar-refractivity contribution in [2.45, 2.75) is 59.3 Å². The van der Waals surface area contributed by atoms with Gasteiger partial charge in [-0.3, -0.25) is 20.2 Å². The topological polar surface area (TPSA) is 116 Å². The number of unbranched alkanes of at least 4 members (excludes halogenated alkanes) is 5. The quantitative estimate of drug-likeness (QED) is 0.202. The van der Waals surface area contributed by atoms with Gasteiger partial charge in [0.05, 0.1) is 22.0 Å². The summed E-state index contributed by atoms with van der Waals surface area (Å²) in [5.74, 6) is -0.786. The van der Waals surface area contributed by atoms with E-state index < -0.39 is 27.2 Å². The van der Waals surface area contributed by atoms with Crippen LogP contribution in [0.5, 0.6) is 0 Å². The van der Waals surface area contributed by atoms with Crippen molar-refractivity contribution in [3.63, 3.8) is 0 Å². The van der Waals surface area contributed by atoms with Crippen molar-refractivity contribution >= 4 is 23.0 Å². The summed E-state index contributed by atoms with van der Waals surface area (Å²) in [5, 5.41) is 23.0. The highest BCUT2D eigenvalue weighted by Gasteiger charge is 2.31. The minimum atomic E-state index is -0.786. The Balaban J connectivity index is 2.99. The van der Waals surface area contributed by atoms with Crippen LogP contribution in [0.1, 0.15) is 69.7 Å². The maximum atomic E-state index is 12.3. The number of anilines is 1. The second kappa shape index (κ2) is 11.9. The Morgan fingerprint density at radius 1 is 0.929 bits per heavy atom. The summed E-state index contributed by atoms with van der Waals surface area (Å²) in [5.41, 5.74) is -1.21. The highest BCUT2D eigenvalue weighted by molar-refractivity contribution is 5.94. The van der Waals surface area contributed by atoms with Crippen molar-refractivity contribution in [1.82, 2.24) is 0 Å². The number of hydrogen-bond donors (Lipinski definition) is 0. The third-order valence-corrected chi connectivity index (χ3v) is 4.51. The fraction of sp³-hybridized carbons (Fsp3) is 0.632. The maximum absolute atomic E-state index is 12.3. The van der Waals surface area contributed by atoms with Gasteiger partial charge in [0.1, 0.15) is 0 Å². The number of ether oxygens (including phenoxy) is 1. The molecule has 0 heterocycles. The van der Waals surface area contributed by atoms with Gasteiger partial charge in [0.15, 0.2) is 5.69 Å². The molecule has 9 heteroatoms. The van der Waals surface area contributed by atoms with Crippen LogP contribution in [0.15, 0.2) is 12.1 Å². The van der Waals surface area contributed by atoms with Crippen LogP contribution in [-0.2, 0) is 4.74 Å². The van der Waals surface area contributed by atoms with Crippen molar-refractivity contribution in [2.24, 2.45) is 0 Å². The summed E-state index contributed by atoms with van der Waals surface area (Å²) in [6.45, 7) is 6.54. The molecule has 0 aliphatic heterocycles. The molecule has 0 fully saturated rings. The Hall–Kier alpha value is -2.71. The van der Waals surface area contributed by atoms with Crippen LogP contribution in [0.25, 0.3) is 0 Å². The molecule has 0 atom stereocenters. The Morgan fingerprint density at radius 3 is 1.89 bits per heavy atom. The van der Waals surface area contributed by atoms with Crippen molar-refractivity contribution in [1.29, 1.82) is 0 Å². The van der Waals surface area contributed by atoms with E-state index in [9.17, 15) is 25.0 Å². The van der Waals surface area contributed by atoms with E-state index in [1.165, 1.54) is 11.3 Å². The van der Waals surface area contributed by atoms with E-state index in [1.807, 2.05) is 0 Å². The molecule has 1 aromatic carbocycles. The van der Waals surface area contributed by atoms with E-state index in [4.69, 9.17) is 4.74 Å². The second-order valence-corrected chi connectivity index (χ2v) is 6.45. The highest BCUT2D eigenvalue weighted by atomic mass is 16.6. The summed E-state index contributed by atoms with van der Waals surface area (Å²) in [6, 6.07) is 2.12. The predicted octanol–water partition coefficient (Wildman–Crippen LogP) is 4.87. The molecule has 0 unspecified atom stereocenters. The molecule has 1 aromatic rings. The zero-order valence-electron chi connectivity index (χ0n) is 16.8. The molecule has 0 amide bonds. The molecule has 0 N–H and O–H groups in total. The first-order valence-corrected chi connectivity index (χ1v) is 9.76. The first-order valence-electron chi connectivity index (χ1n) is 9.76. The lowest BCUT2D eigenvalue weighted by atomic mass is 10.1. The smallest absolute Gasteiger partial charge is 0.338 e. The summed E-state index contributed by atoms with van der Waals surface area (Å²) >= 11 is 0. The minimum Gasteiger partial charge on any atom is -0.462 e. The Morgan fingerprint density at radius 2 is 1.43 bits per heavy atom. The van der Waals surface area contributed by atoms with Crippen LogP contribution in [0.4, 0.5) is 17.1 Å². The molecule has 0 spiro atoms. The molecule has 28 heavy (non-hydrogen) atoms. The van der Waals surface area contributed by atoms with Gasteiger partial charge in [0.2, 0.25) is 0 Å². The zero-order chi connectivity index (χ0) is 21.1. The van der Waals surface area contributed by atoms with E-state index in [2.05, 4.69) is 6.92 Å². The van der Waals surface area contributed by atoms with Crippen LogP contribution in [-0.4, -0.2) is 35.5 Å². The summed E-state index contributed by atoms with van der Waals surface area (Å²) in [6.07, 6.45) is 6.13. The fourth-order valence-corrected chi connectivity index (χ4v) is 2.99. The summed E-state index contributed by atoms with van der Waals surface area (Å²) < 4.78 is 5.16. The molecular formula is C19H29N3O6. The lowest BCUT2D eigenvalue weighted by Crippen LogP contribution is -2.24. The van der Waals surface area contributed by atoms with Crippen LogP contribution in [0.2, 0.25) is 0 Å². The third-order valence-electron chi connectivity index (χ3n) is 4.51. The zero-order valence-corrected chi connectivity index (χ0v) is 16.8. The van der Waals surface area contributed by atoms with E-state index in [0.29, 0.717) is 19.5 Å². The average Bonchev–Trinajstić information content (AvgIpc) is 2.67. The van der Waals surface area contributed by atoms with E-state index in [0.717, 1.165) is 37.8 Å². The second-order valence-electron chi connectivity index (χ2n) is 6.45. The van der Waals surface area contributed by atoms with Crippen LogP contribution in [0, 0.1) is 20.2 Å². The van der Waals surface area contributed by atoms with Gasteiger partial charge in [0.25, 0.3) is 0 Å². The van der Waals surface area contributed by atoms with Gasteiger partial charge in [0, 0.05) is 25.2 Å². The first-order chi connectivity index (χ1) is 13.4. The number of carbonyl (C=O) groups excluding carboxylic acids is 1. The van der Waals surface area contributed by atoms with Gasteiger partial charge in [-0.25, -0.2) is 4.79 Å². The molecule has 0 aliphatic carbocycles. The summed E-state index contributed by atoms with van der Waals surface area (Å²) in [4.78, 5) is 35.4. The number of nitro groups is 2. The van der Waals surface area contributed by atoms with Crippen LogP contribution < -0.4 is 4.90 Å². The van der Waals surface area contributed by atoms with Gasteiger partial charge in [-0.1, -0.05) is 39.0 Å². The number of benzene rings is 1. The van der Waals surface area contributed by atoms with Crippen molar-refractivity contribution in [2.75, 3.05) is 24.6 Å². The molecule has 9 nitrogen and oxygen atoms in total. The molecule has 1 rings (SSSR count). The van der Waals surface area contributed by atoms with Crippen molar-refractivity contribution in [3.05, 3.63) is 37.9 Å². The molecule has 0 aromatic heterocycles. The van der Waals surface area contributed by atoms with Gasteiger partial charge in [-0.05, 0) is 20.3 Å². The lowest BCUT2D eigenvalue weighted by molar-refractivity contribution is -0.392. The minimum absolute atomic E-state index is 0.0903. The van der Waals surface area contributed by atoms with Gasteiger partial charge < -0.3 is 9.64 Å². The van der Waals surface area contributed by atoms with Crippen LogP contribution >= 0.6 is 0 Å². The lowest BCUT2D eigenvalue weighted by Gasteiger charge is -2.20. The molecule has 156 valence electrons. The van der Waals surface area contributed by atoms with Gasteiger partial charge >= 0.3 is 17.3 Å². The number of nitro benzene ring substituents is 2. The SMILES string of the molecule is CCCCCCCCOC(=O)c1cc([N+](=O)[O-])c(N(CC)CC)c([N+](=O)[O-])c1. The fourth-order valence-electron chi connectivity index (χ4n) is 2.99. The number of esters is 1. The largest absolute Gasteiger partial charge is 0.462 e. The number of carbonyl (C=O) groups is 1. The Bertz CT molecular complexity index is 653. The number of nitrogens with zero attached hydrogens (tertiary/aromatic N) is 3.